The molecule has 0 saturated carbocycles. The van der Waals surface area contributed by atoms with Crippen molar-refractivity contribution in [1.82, 2.24) is 9.97 Å². The molecular weight excluding hydrogens is 308 g/mol. The quantitative estimate of drug-likeness (QED) is 0.494. The predicted octanol–water partition coefficient (Wildman–Crippen LogP) is 5.11. The number of aromatic nitrogens is 2. The smallest absolute Gasteiger partial charge is 0.128 e. The molecule has 4 heteroatoms. The van der Waals surface area contributed by atoms with E-state index in [-0.39, 0.29) is 0 Å². The van der Waals surface area contributed by atoms with Gasteiger partial charge in [-0.1, -0.05) is 37.3 Å². The minimum atomic E-state index is 0.800. The Bertz CT molecular complexity index is 795. The highest BCUT2D eigenvalue weighted by Gasteiger charge is 2.23. The molecule has 4 rings (SSSR count). The van der Waals surface area contributed by atoms with Gasteiger partial charge in [0.15, 0.2) is 0 Å². The van der Waals surface area contributed by atoms with Crippen molar-refractivity contribution in [2.75, 3.05) is 0 Å². The second-order valence-corrected chi connectivity index (χ2v) is 8.03. The van der Waals surface area contributed by atoms with Crippen molar-refractivity contribution in [2.24, 2.45) is 5.92 Å². The van der Waals surface area contributed by atoms with E-state index in [1.165, 1.54) is 45.5 Å². The molecule has 0 amide bonds. The van der Waals surface area contributed by atoms with Crippen LogP contribution < -0.4 is 0 Å². The summed E-state index contributed by atoms with van der Waals surface area (Å²) in [5.41, 5.74) is 2.87. The van der Waals surface area contributed by atoms with Crippen LogP contribution in [0.2, 0.25) is 0 Å². The Morgan fingerprint density at radius 2 is 2.09 bits per heavy atom. The van der Waals surface area contributed by atoms with E-state index in [1.807, 2.05) is 23.1 Å². The molecule has 0 radical (unpaired) electrons. The highest BCUT2D eigenvalue weighted by molar-refractivity contribution is 7.98. The van der Waals surface area contributed by atoms with E-state index < -0.39 is 0 Å². The molecule has 0 fully saturated rings. The van der Waals surface area contributed by atoms with Gasteiger partial charge in [0.25, 0.3) is 0 Å². The molecule has 0 spiro atoms. The maximum Gasteiger partial charge on any atom is 0.128 e. The average molecular weight is 326 g/mol. The number of rotatable bonds is 3. The van der Waals surface area contributed by atoms with Gasteiger partial charge in [0.1, 0.15) is 16.2 Å². The first-order valence-corrected chi connectivity index (χ1v) is 9.53. The van der Waals surface area contributed by atoms with E-state index in [1.54, 1.807) is 6.33 Å². The largest absolute Gasteiger partial charge is 0.229 e. The summed E-state index contributed by atoms with van der Waals surface area (Å²) >= 11 is 3.71. The predicted molar refractivity (Wildman–Crippen MR) is 94.6 cm³/mol. The number of benzene rings is 1. The fourth-order valence-corrected chi connectivity index (χ4v) is 5.48. The van der Waals surface area contributed by atoms with Gasteiger partial charge < -0.3 is 0 Å². The first kappa shape index (κ1) is 14.2. The monoisotopic (exact) mass is 326 g/mol. The van der Waals surface area contributed by atoms with Gasteiger partial charge in [-0.25, -0.2) is 9.97 Å². The van der Waals surface area contributed by atoms with E-state index in [2.05, 4.69) is 47.2 Å². The number of hydrogen-bond acceptors (Lipinski definition) is 4. The topological polar surface area (TPSA) is 25.8 Å². The third kappa shape index (κ3) is 2.66. The molecule has 22 heavy (non-hydrogen) atoms. The van der Waals surface area contributed by atoms with Crippen molar-refractivity contribution < 1.29 is 0 Å². The normalized spacial score (nSPS) is 17.6. The lowest BCUT2D eigenvalue weighted by Gasteiger charge is -2.18. The molecule has 2 nitrogen and oxygen atoms in total. The lowest BCUT2D eigenvalue weighted by molar-refractivity contribution is 0.509. The summed E-state index contributed by atoms with van der Waals surface area (Å²) in [4.78, 5) is 11.8. The van der Waals surface area contributed by atoms with E-state index in [4.69, 9.17) is 0 Å². The van der Waals surface area contributed by atoms with Crippen LogP contribution in [0.25, 0.3) is 10.2 Å². The molecule has 2 heterocycles. The van der Waals surface area contributed by atoms with Crippen molar-refractivity contribution in [3.8, 4) is 0 Å². The second kappa shape index (κ2) is 6.01. The summed E-state index contributed by atoms with van der Waals surface area (Å²) in [5, 5.41) is 2.48. The molecule has 0 aliphatic heterocycles. The van der Waals surface area contributed by atoms with Crippen LogP contribution in [0.1, 0.15) is 29.3 Å². The Balaban J connectivity index is 1.69. The van der Waals surface area contributed by atoms with E-state index >= 15 is 0 Å². The Hall–Kier alpha value is -1.39. The fourth-order valence-electron chi connectivity index (χ4n) is 3.08. The Morgan fingerprint density at radius 1 is 1.23 bits per heavy atom. The molecule has 0 bridgehead atoms. The number of aryl methyl sites for hydroxylation is 1. The van der Waals surface area contributed by atoms with E-state index in [0.29, 0.717) is 0 Å². The molecule has 0 unspecified atom stereocenters. The van der Waals surface area contributed by atoms with Crippen LogP contribution in [-0.4, -0.2) is 9.97 Å². The lowest BCUT2D eigenvalue weighted by atomic mass is 9.89. The SMILES string of the molecule is C[C@H]1CCc2c(sc3ncnc(SCc4ccccc4)c23)C1. The summed E-state index contributed by atoms with van der Waals surface area (Å²) in [7, 11) is 0. The van der Waals surface area contributed by atoms with Crippen molar-refractivity contribution in [2.45, 2.75) is 37.0 Å². The van der Waals surface area contributed by atoms with Gasteiger partial charge >= 0.3 is 0 Å². The van der Waals surface area contributed by atoms with Gasteiger partial charge in [-0.15, -0.1) is 23.1 Å². The highest BCUT2D eigenvalue weighted by Crippen LogP contribution is 2.40. The van der Waals surface area contributed by atoms with Crippen molar-refractivity contribution in [3.63, 3.8) is 0 Å². The van der Waals surface area contributed by atoms with Crippen LogP contribution in [0.4, 0.5) is 0 Å². The van der Waals surface area contributed by atoms with Crippen LogP contribution in [0.15, 0.2) is 41.7 Å². The molecule has 0 saturated heterocycles. The zero-order valence-corrected chi connectivity index (χ0v) is 14.2. The number of fused-ring (bicyclic) bond motifs is 3. The third-order valence-electron chi connectivity index (χ3n) is 4.28. The van der Waals surface area contributed by atoms with E-state index in [9.17, 15) is 0 Å². The number of thiophene rings is 1. The zero-order valence-electron chi connectivity index (χ0n) is 12.6. The summed E-state index contributed by atoms with van der Waals surface area (Å²) in [6.07, 6.45) is 5.40. The third-order valence-corrected chi connectivity index (χ3v) is 6.50. The molecule has 2 aromatic heterocycles. The fraction of sp³-hybridized carbons (Fsp3) is 0.333. The molecule has 3 aromatic rings. The first-order chi connectivity index (χ1) is 10.8. The van der Waals surface area contributed by atoms with Crippen LogP contribution in [0, 0.1) is 5.92 Å². The molecule has 1 aliphatic carbocycles. The van der Waals surface area contributed by atoms with Gasteiger partial charge in [-0.05, 0) is 36.3 Å². The first-order valence-electron chi connectivity index (χ1n) is 7.73. The zero-order chi connectivity index (χ0) is 14.9. The molecule has 0 N–H and O–H groups in total. The van der Waals surface area contributed by atoms with E-state index in [0.717, 1.165) is 16.7 Å². The second-order valence-electron chi connectivity index (χ2n) is 5.99. The Labute approximate surface area is 139 Å². The Morgan fingerprint density at radius 3 is 2.95 bits per heavy atom. The number of thioether (sulfide) groups is 1. The number of hydrogen-bond donors (Lipinski definition) is 0. The minimum Gasteiger partial charge on any atom is -0.229 e. The van der Waals surface area contributed by atoms with Crippen LogP contribution in [0.5, 0.6) is 0 Å². The molecule has 1 atom stereocenters. The lowest BCUT2D eigenvalue weighted by Crippen LogP contribution is -2.08. The summed E-state index contributed by atoms with van der Waals surface area (Å²) in [6.45, 7) is 2.35. The summed E-state index contributed by atoms with van der Waals surface area (Å²) in [6, 6.07) is 10.6. The van der Waals surface area contributed by atoms with Crippen LogP contribution in [0.3, 0.4) is 0 Å². The van der Waals surface area contributed by atoms with Crippen LogP contribution in [-0.2, 0) is 18.6 Å². The Kier molecular flexibility index (Phi) is 3.89. The van der Waals surface area contributed by atoms with Gasteiger partial charge in [0.2, 0.25) is 0 Å². The molecule has 112 valence electrons. The molecule has 1 aromatic carbocycles. The number of nitrogens with zero attached hydrogens (tertiary/aromatic N) is 2. The molecule has 1 aliphatic rings. The standard InChI is InChI=1S/C18H18N2S2/c1-12-7-8-14-15(9-12)22-18-16(14)17(19-11-20-18)21-10-13-5-3-2-4-6-13/h2-6,11-12H,7-10H2,1H3/t12-/m0/s1. The van der Waals surface area contributed by atoms with Crippen LogP contribution >= 0.6 is 23.1 Å². The van der Waals surface area contributed by atoms with Crippen molar-refractivity contribution in [3.05, 3.63) is 52.7 Å². The average Bonchev–Trinajstić information content (AvgIpc) is 2.91. The maximum absolute atomic E-state index is 4.58. The van der Waals surface area contributed by atoms with Gasteiger partial charge in [0, 0.05) is 16.0 Å². The minimum absolute atomic E-state index is 0.800. The van der Waals surface area contributed by atoms with Crippen molar-refractivity contribution in [1.29, 1.82) is 0 Å². The van der Waals surface area contributed by atoms with Gasteiger partial charge in [0.05, 0.1) is 0 Å². The maximum atomic E-state index is 4.58. The molecular formula is C18H18N2S2. The van der Waals surface area contributed by atoms with Gasteiger partial charge in [-0.3, -0.25) is 0 Å². The van der Waals surface area contributed by atoms with Crippen molar-refractivity contribution >= 4 is 33.3 Å². The highest BCUT2D eigenvalue weighted by atomic mass is 32.2. The summed E-state index contributed by atoms with van der Waals surface area (Å²) < 4.78 is 0. The van der Waals surface area contributed by atoms with Gasteiger partial charge in [-0.2, -0.15) is 0 Å². The summed E-state index contributed by atoms with van der Waals surface area (Å²) in [5.74, 6) is 1.77.